The molecule has 3 aromatic rings. The van der Waals surface area contributed by atoms with E-state index in [1.807, 2.05) is 58.0 Å². The molecule has 2 amide bonds. The molecule has 0 fully saturated rings. The standard InChI is InChI=1S/C23H25N5O3/c1-31-21(17-8-4-2-5-9-17)23(30)27-13-12-19-25-26-20(28(19)15-14-27)16-24-22(29)18-10-6-3-7-11-18/h2-11,21H,12-16H2,1H3,(H,24,29)/t21-/m1/s1. The first-order valence-corrected chi connectivity index (χ1v) is 10.3. The third-order valence-corrected chi connectivity index (χ3v) is 5.42. The van der Waals surface area contributed by atoms with Gasteiger partial charge in [0.15, 0.2) is 11.9 Å². The average Bonchev–Trinajstić information content (AvgIpc) is 3.08. The summed E-state index contributed by atoms with van der Waals surface area (Å²) >= 11 is 0. The second-order valence-corrected chi connectivity index (χ2v) is 7.33. The Morgan fingerprint density at radius 2 is 1.71 bits per heavy atom. The van der Waals surface area contributed by atoms with Crippen LogP contribution in [0.2, 0.25) is 0 Å². The molecule has 8 nitrogen and oxygen atoms in total. The van der Waals surface area contributed by atoms with E-state index in [0.29, 0.717) is 37.4 Å². The summed E-state index contributed by atoms with van der Waals surface area (Å²) in [6.07, 6.45) is -0.0364. The summed E-state index contributed by atoms with van der Waals surface area (Å²) in [5, 5.41) is 11.4. The number of hydrogen-bond acceptors (Lipinski definition) is 5. The maximum absolute atomic E-state index is 13.1. The Balaban J connectivity index is 1.41. The molecule has 1 aliphatic heterocycles. The highest BCUT2D eigenvalue weighted by Gasteiger charge is 2.28. The number of carbonyl (C=O) groups is 2. The van der Waals surface area contributed by atoms with E-state index in [-0.39, 0.29) is 18.4 Å². The minimum Gasteiger partial charge on any atom is -0.367 e. The first-order chi connectivity index (χ1) is 15.2. The van der Waals surface area contributed by atoms with Gasteiger partial charge in [-0.15, -0.1) is 10.2 Å². The van der Waals surface area contributed by atoms with Crippen molar-refractivity contribution in [2.75, 3.05) is 20.2 Å². The van der Waals surface area contributed by atoms with Gasteiger partial charge in [-0.25, -0.2) is 0 Å². The van der Waals surface area contributed by atoms with Crippen LogP contribution in [0.1, 0.15) is 33.7 Å². The Bertz CT molecular complexity index is 1040. The van der Waals surface area contributed by atoms with E-state index in [9.17, 15) is 9.59 Å². The summed E-state index contributed by atoms with van der Waals surface area (Å²) in [5.41, 5.74) is 1.43. The van der Waals surface area contributed by atoms with Gasteiger partial charge in [0.1, 0.15) is 5.82 Å². The molecule has 0 spiro atoms. The summed E-state index contributed by atoms with van der Waals surface area (Å²) in [7, 11) is 1.55. The zero-order valence-corrected chi connectivity index (χ0v) is 17.4. The Hall–Kier alpha value is -3.52. The number of fused-ring (bicyclic) bond motifs is 1. The van der Waals surface area contributed by atoms with Crippen molar-refractivity contribution in [3.63, 3.8) is 0 Å². The maximum Gasteiger partial charge on any atom is 0.256 e. The van der Waals surface area contributed by atoms with Gasteiger partial charge in [-0.2, -0.15) is 0 Å². The fraction of sp³-hybridized carbons (Fsp3) is 0.304. The van der Waals surface area contributed by atoms with Crippen LogP contribution in [0.5, 0.6) is 0 Å². The smallest absolute Gasteiger partial charge is 0.256 e. The van der Waals surface area contributed by atoms with Crippen LogP contribution in [0, 0.1) is 0 Å². The van der Waals surface area contributed by atoms with E-state index >= 15 is 0 Å². The molecular formula is C23H25N5O3. The van der Waals surface area contributed by atoms with Crippen LogP contribution in [-0.4, -0.2) is 51.7 Å². The van der Waals surface area contributed by atoms with Crippen LogP contribution in [0.25, 0.3) is 0 Å². The molecule has 0 bridgehead atoms. The number of aromatic nitrogens is 3. The van der Waals surface area contributed by atoms with Crippen LogP contribution in [0.4, 0.5) is 0 Å². The van der Waals surface area contributed by atoms with Crippen molar-refractivity contribution in [1.29, 1.82) is 0 Å². The van der Waals surface area contributed by atoms with Crippen LogP contribution < -0.4 is 5.32 Å². The number of methoxy groups -OCH3 is 1. The molecule has 1 aromatic heterocycles. The molecule has 160 valence electrons. The lowest BCUT2D eigenvalue weighted by Crippen LogP contribution is -2.38. The second kappa shape index (κ2) is 9.53. The van der Waals surface area contributed by atoms with E-state index in [1.54, 1.807) is 19.2 Å². The van der Waals surface area contributed by atoms with E-state index < -0.39 is 6.10 Å². The van der Waals surface area contributed by atoms with E-state index in [1.165, 1.54) is 0 Å². The molecule has 2 heterocycles. The number of rotatable bonds is 6. The molecule has 0 unspecified atom stereocenters. The van der Waals surface area contributed by atoms with Gasteiger partial charge in [-0.3, -0.25) is 9.59 Å². The van der Waals surface area contributed by atoms with Gasteiger partial charge in [0.2, 0.25) is 0 Å². The number of nitrogens with one attached hydrogen (secondary N) is 1. The monoisotopic (exact) mass is 419 g/mol. The predicted octanol–water partition coefficient (Wildman–Crippen LogP) is 1.98. The van der Waals surface area contributed by atoms with Gasteiger partial charge in [0, 0.05) is 38.7 Å². The molecule has 2 aromatic carbocycles. The predicted molar refractivity (Wildman–Crippen MR) is 114 cm³/mol. The molecule has 1 aliphatic rings. The van der Waals surface area contributed by atoms with Crippen LogP contribution >= 0.6 is 0 Å². The van der Waals surface area contributed by atoms with Crippen molar-refractivity contribution < 1.29 is 14.3 Å². The average molecular weight is 419 g/mol. The molecule has 4 rings (SSSR count). The van der Waals surface area contributed by atoms with Crippen LogP contribution in [0.3, 0.4) is 0 Å². The molecule has 1 N–H and O–H groups in total. The summed E-state index contributed by atoms with van der Waals surface area (Å²) in [5.74, 6) is 1.27. The highest BCUT2D eigenvalue weighted by Crippen LogP contribution is 2.21. The topological polar surface area (TPSA) is 89.3 Å². The normalized spacial score (nSPS) is 14.4. The zero-order valence-electron chi connectivity index (χ0n) is 17.4. The van der Waals surface area contributed by atoms with Gasteiger partial charge in [-0.05, 0) is 17.7 Å². The lowest BCUT2D eigenvalue weighted by Gasteiger charge is -2.25. The molecule has 0 saturated heterocycles. The maximum atomic E-state index is 13.1. The van der Waals surface area contributed by atoms with Crippen molar-refractivity contribution in [2.45, 2.75) is 25.6 Å². The minimum absolute atomic E-state index is 0.0636. The van der Waals surface area contributed by atoms with Gasteiger partial charge in [0.25, 0.3) is 11.8 Å². The number of ether oxygens (including phenoxy) is 1. The minimum atomic E-state index is -0.630. The Morgan fingerprint density at radius 1 is 1.00 bits per heavy atom. The Kier molecular flexibility index (Phi) is 6.37. The SMILES string of the molecule is CO[C@@H](C(=O)N1CCc2nnc(CNC(=O)c3ccccc3)n2CC1)c1ccccc1. The zero-order chi connectivity index (χ0) is 21.6. The lowest BCUT2D eigenvalue weighted by atomic mass is 10.1. The molecule has 1 atom stereocenters. The molecular weight excluding hydrogens is 394 g/mol. The first-order valence-electron chi connectivity index (χ1n) is 10.3. The van der Waals surface area contributed by atoms with Gasteiger partial charge >= 0.3 is 0 Å². The Morgan fingerprint density at radius 3 is 2.42 bits per heavy atom. The molecule has 0 saturated carbocycles. The number of carbonyl (C=O) groups excluding carboxylic acids is 2. The van der Waals surface area contributed by atoms with Gasteiger partial charge in [0.05, 0.1) is 6.54 Å². The second-order valence-electron chi connectivity index (χ2n) is 7.33. The van der Waals surface area contributed by atoms with Gasteiger partial charge < -0.3 is 19.5 Å². The van der Waals surface area contributed by atoms with Crippen molar-refractivity contribution in [1.82, 2.24) is 25.0 Å². The van der Waals surface area contributed by atoms with E-state index in [0.717, 1.165) is 11.4 Å². The number of hydrogen-bond donors (Lipinski definition) is 1. The summed E-state index contributed by atoms with van der Waals surface area (Å²) in [6, 6.07) is 18.6. The number of benzene rings is 2. The number of nitrogens with zero attached hydrogens (tertiary/aromatic N) is 4. The van der Waals surface area contributed by atoms with Crippen molar-refractivity contribution in [3.05, 3.63) is 83.4 Å². The largest absolute Gasteiger partial charge is 0.367 e. The van der Waals surface area contributed by atoms with E-state index in [2.05, 4.69) is 15.5 Å². The molecule has 8 heteroatoms. The summed E-state index contributed by atoms with van der Waals surface area (Å²) in [6.45, 7) is 1.91. The van der Waals surface area contributed by atoms with Gasteiger partial charge in [-0.1, -0.05) is 48.5 Å². The fourth-order valence-electron chi connectivity index (χ4n) is 3.76. The van der Waals surface area contributed by atoms with Crippen molar-refractivity contribution in [2.24, 2.45) is 0 Å². The quantitative estimate of drug-likeness (QED) is 0.660. The third kappa shape index (κ3) is 4.64. The summed E-state index contributed by atoms with van der Waals surface area (Å²) < 4.78 is 7.50. The lowest BCUT2D eigenvalue weighted by molar-refractivity contribution is -0.142. The number of amides is 2. The van der Waals surface area contributed by atoms with Crippen molar-refractivity contribution in [3.8, 4) is 0 Å². The van der Waals surface area contributed by atoms with Crippen molar-refractivity contribution >= 4 is 11.8 Å². The third-order valence-electron chi connectivity index (χ3n) is 5.42. The Labute approximate surface area is 180 Å². The highest BCUT2D eigenvalue weighted by atomic mass is 16.5. The van der Waals surface area contributed by atoms with E-state index in [4.69, 9.17) is 4.74 Å². The molecule has 0 radical (unpaired) electrons. The fourth-order valence-corrected chi connectivity index (χ4v) is 3.76. The molecule has 0 aliphatic carbocycles. The highest BCUT2D eigenvalue weighted by molar-refractivity contribution is 5.94. The van der Waals surface area contributed by atoms with Crippen LogP contribution in [0.15, 0.2) is 60.7 Å². The first kappa shape index (κ1) is 20.7. The molecule has 31 heavy (non-hydrogen) atoms. The van der Waals surface area contributed by atoms with Crippen LogP contribution in [-0.2, 0) is 29.0 Å². The summed E-state index contributed by atoms with van der Waals surface area (Å²) in [4.78, 5) is 27.2.